The van der Waals surface area contributed by atoms with E-state index < -0.39 is 24.3 Å². The maximum absolute atomic E-state index is 13.5. The number of ether oxygens (including phenoxy) is 2. The molecule has 4 amide bonds. The van der Waals surface area contributed by atoms with Crippen molar-refractivity contribution in [2.45, 2.75) is 77.5 Å². The van der Waals surface area contributed by atoms with Crippen molar-refractivity contribution in [2.75, 3.05) is 27.3 Å². The fourth-order valence-corrected chi connectivity index (χ4v) is 7.18. The van der Waals surface area contributed by atoms with Gasteiger partial charge in [0.1, 0.15) is 23.7 Å². The Labute approximate surface area is 314 Å². The summed E-state index contributed by atoms with van der Waals surface area (Å²) in [6.07, 6.45) is 3.74. The molecule has 2 aliphatic heterocycles. The molecule has 0 unspecified atom stereocenters. The normalized spacial score (nSPS) is 18.0. The lowest BCUT2D eigenvalue weighted by Crippen LogP contribution is -2.51. The quantitative estimate of drug-likeness (QED) is 0.164. The molecule has 54 heavy (non-hydrogen) atoms. The van der Waals surface area contributed by atoms with E-state index in [4.69, 9.17) is 14.5 Å². The van der Waals surface area contributed by atoms with E-state index in [0.29, 0.717) is 24.7 Å². The van der Waals surface area contributed by atoms with Crippen molar-refractivity contribution in [1.82, 2.24) is 40.4 Å². The van der Waals surface area contributed by atoms with Gasteiger partial charge in [-0.2, -0.15) is 0 Å². The molecule has 14 heteroatoms. The highest BCUT2D eigenvalue weighted by molar-refractivity contribution is 5.87. The van der Waals surface area contributed by atoms with Crippen LogP contribution in [0.3, 0.4) is 0 Å². The summed E-state index contributed by atoms with van der Waals surface area (Å²) in [4.78, 5) is 70.8. The number of hydrogen-bond acceptors (Lipinski definition) is 8. The summed E-state index contributed by atoms with van der Waals surface area (Å²) in [6.45, 7) is 8.75. The van der Waals surface area contributed by atoms with E-state index in [9.17, 15) is 19.2 Å². The van der Waals surface area contributed by atoms with Crippen LogP contribution in [0.5, 0.6) is 0 Å². The number of amides is 4. The van der Waals surface area contributed by atoms with Gasteiger partial charge in [-0.3, -0.25) is 9.59 Å². The molecule has 4 heterocycles. The first-order chi connectivity index (χ1) is 26.0. The zero-order valence-corrected chi connectivity index (χ0v) is 31.6. The molecular formula is C40H48N8O6. The fourth-order valence-electron chi connectivity index (χ4n) is 7.18. The highest BCUT2D eigenvalue weighted by Crippen LogP contribution is 2.34. The van der Waals surface area contributed by atoms with Crippen LogP contribution in [0.25, 0.3) is 22.3 Å². The Morgan fingerprint density at radius 2 is 1.30 bits per heavy atom. The van der Waals surface area contributed by atoms with Crippen LogP contribution in [0.1, 0.15) is 88.2 Å². The molecule has 0 spiro atoms. The Morgan fingerprint density at radius 3 is 1.85 bits per heavy atom. The standard InChI is InChI=1S/C40H48N8O6/c1-23(2)33(45-39(51)53-5)37(49)47-19-7-9-31(47)35-41-22-30(44-35)27-16-13-25(14-17-27)11-12-26-15-18-28-29(21-26)43-36(42-28)32-10-8-20-48(32)38(50)34(24(3)4)46-40(52)54-6/h13-18,21-24,31-34H,7-10,19-20H2,1-6H3,(H,41,44)(H,42,43)(H,45,51)(H,46,52)/t31-,32+,33+,34+/m1/s1. The van der Waals surface area contributed by atoms with Crippen LogP contribution in [0, 0.1) is 23.7 Å². The maximum Gasteiger partial charge on any atom is 0.407 e. The van der Waals surface area contributed by atoms with Crippen LogP contribution in [0.2, 0.25) is 0 Å². The van der Waals surface area contributed by atoms with Gasteiger partial charge >= 0.3 is 12.2 Å². The Bertz CT molecular complexity index is 2060. The van der Waals surface area contributed by atoms with Crippen LogP contribution >= 0.6 is 0 Å². The van der Waals surface area contributed by atoms with Gasteiger partial charge in [-0.1, -0.05) is 51.7 Å². The Kier molecular flexibility index (Phi) is 11.5. The number of rotatable bonds is 9. The van der Waals surface area contributed by atoms with Crippen molar-refractivity contribution in [2.24, 2.45) is 11.8 Å². The topological polar surface area (TPSA) is 175 Å². The molecule has 2 saturated heterocycles. The minimum absolute atomic E-state index is 0.109. The molecule has 6 rings (SSSR count). The third kappa shape index (κ3) is 8.20. The molecule has 4 aromatic rings. The minimum Gasteiger partial charge on any atom is -0.453 e. The summed E-state index contributed by atoms with van der Waals surface area (Å²) < 4.78 is 9.49. The maximum atomic E-state index is 13.5. The molecule has 2 fully saturated rings. The molecule has 4 N–H and O–H groups in total. The van der Waals surface area contributed by atoms with Gasteiger partial charge in [0.15, 0.2) is 0 Å². The number of nitrogens with one attached hydrogen (secondary N) is 4. The highest BCUT2D eigenvalue weighted by atomic mass is 16.5. The summed E-state index contributed by atoms with van der Waals surface area (Å²) in [7, 11) is 2.57. The van der Waals surface area contributed by atoms with E-state index in [0.717, 1.165) is 59.1 Å². The summed E-state index contributed by atoms with van der Waals surface area (Å²) >= 11 is 0. The molecule has 2 aromatic heterocycles. The number of hydrogen-bond donors (Lipinski definition) is 4. The fraction of sp³-hybridized carbons (Fsp3) is 0.450. The van der Waals surface area contributed by atoms with Crippen LogP contribution < -0.4 is 10.6 Å². The van der Waals surface area contributed by atoms with E-state index in [1.165, 1.54) is 14.2 Å². The second kappa shape index (κ2) is 16.4. The number of alkyl carbamates (subject to hydrolysis) is 2. The largest absolute Gasteiger partial charge is 0.453 e. The van der Waals surface area contributed by atoms with Crippen molar-refractivity contribution in [3.05, 3.63) is 71.4 Å². The number of aromatic nitrogens is 4. The number of fused-ring (bicyclic) bond motifs is 1. The lowest BCUT2D eigenvalue weighted by Gasteiger charge is -2.30. The van der Waals surface area contributed by atoms with Gasteiger partial charge in [-0.15, -0.1) is 0 Å². The molecule has 2 aromatic carbocycles. The first-order valence-electron chi connectivity index (χ1n) is 18.4. The van der Waals surface area contributed by atoms with Crippen molar-refractivity contribution >= 4 is 35.0 Å². The van der Waals surface area contributed by atoms with E-state index in [-0.39, 0.29) is 35.7 Å². The molecule has 4 atom stereocenters. The van der Waals surface area contributed by atoms with Gasteiger partial charge in [-0.25, -0.2) is 19.6 Å². The number of benzene rings is 2. The minimum atomic E-state index is -0.697. The van der Waals surface area contributed by atoms with E-state index in [2.05, 4.69) is 37.4 Å². The van der Waals surface area contributed by atoms with Gasteiger partial charge < -0.3 is 39.9 Å². The van der Waals surface area contributed by atoms with Crippen LogP contribution in [0.15, 0.2) is 48.7 Å². The van der Waals surface area contributed by atoms with Crippen molar-refractivity contribution in [3.8, 4) is 23.1 Å². The monoisotopic (exact) mass is 736 g/mol. The molecular weight excluding hydrogens is 688 g/mol. The molecule has 0 saturated carbocycles. The summed E-state index contributed by atoms with van der Waals surface area (Å²) in [5.74, 6) is 7.40. The first-order valence-corrected chi connectivity index (χ1v) is 18.4. The Hall–Kier alpha value is -5.84. The van der Waals surface area contributed by atoms with Gasteiger partial charge in [0, 0.05) is 24.2 Å². The average Bonchev–Trinajstić information content (AvgIpc) is 4.00. The molecule has 0 radical (unpaired) electrons. The predicted molar refractivity (Wildman–Crippen MR) is 202 cm³/mol. The van der Waals surface area contributed by atoms with Gasteiger partial charge in [0.2, 0.25) is 11.8 Å². The van der Waals surface area contributed by atoms with E-state index in [1.54, 1.807) is 16.0 Å². The number of H-pyrrole nitrogens is 2. The molecule has 2 aliphatic rings. The smallest absolute Gasteiger partial charge is 0.407 e. The molecule has 0 aliphatic carbocycles. The molecule has 284 valence electrons. The Balaban J connectivity index is 1.12. The zero-order valence-electron chi connectivity index (χ0n) is 31.6. The van der Waals surface area contributed by atoms with Crippen molar-refractivity contribution in [1.29, 1.82) is 0 Å². The lowest BCUT2D eigenvalue weighted by atomic mass is 10.0. The van der Waals surface area contributed by atoms with Crippen LogP contribution in [-0.4, -0.2) is 93.1 Å². The zero-order chi connectivity index (χ0) is 38.5. The summed E-state index contributed by atoms with van der Waals surface area (Å²) in [5.41, 5.74) is 5.05. The summed E-state index contributed by atoms with van der Waals surface area (Å²) in [6, 6.07) is 11.9. The summed E-state index contributed by atoms with van der Waals surface area (Å²) in [5, 5.41) is 5.37. The van der Waals surface area contributed by atoms with Gasteiger partial charge in [0.25, 0.3) is 0 Å². The third-order valence-corrected chi connectivity index (χ3v) is 10.1. The average molecular weight is 737 g/mol. The number of carbonyl (C=O) groups is 4. The second-order valence-corrected chi connectivity index (χ2v) is 14.5. The predicted octanol–water partition coefficient (Wildman–Crippen LogP) is 5.44. The van der Waals surface area contributed by atoms with Crippen molar-refractivity contribution < 1.29 is 28.7 Å². The van der Waals surface area contributed by atoms with Gasteiger partial charge in [0.05, 0.1) is 49.2 Å². The molecule has 0 bridgehead atoms. The van der Waals surface area contributed by atoms with Gasteiger partial charge in [-0.05, 0) is 73.4 Å². The Morgan fingerprint density at radius 1 is 0.759 bits per heavy atom. The first kappa shape index (κ1) is 37.9. The number of carbonyl (C=O) groups excluding carboxylic acids is 4. The SMILES string of the molecule is COC(=O)N[C@H](C(=O)N1CCC[C@@H]1c1ncc(-c2ccc(C#Cc3ccc4nc([C@@H]5CCCN5C(=O)[C@@H](NC(=O)OC)C(C)C)[nH]c4c3)cc2)[nH]1)C(C)C. The van der Waals surface area contributed by atoms with Crippen molar-refractivity contribution in [3.63, 3.8) is 0 Å². The number of methoxy groups -OCH3 is 2. The second-order valence-electron chi connectivity index (χ2n) is 14.5. The number of aromatic amines is 2. The van der Waals surface area contributed by atoms with E-state index in [1.807, 2.05) is 70.2 Å². The molecule has 14 nitrogen and oxygen atoms in total. The number of nitrogens with zero attached hydrogens (tertiary/aromatic N) is 4. The van der Waals surface area contributed by atoms with Crippen LogP contribution in [-0.2, 0) is 19.1 Å². The highest BCUT2D eigenvalue weighted by Gasteiger charge is 2.39. The van der Waals surface area contributed by atoms with Crippen LogP contribution in [0.4, 0.5) is 9.59 Å². The number of likely N-dealkylation sites (tertiary alicyclic amines) is 2. The number of imidazole rings is 2. The third-order valence-electron chi connectivity index (χ3n) is 10.1. The lowest BCUT2D eigenvalue weighted by molar-refractivity contribution is -0.136. The van der Waals surface area contributed by atoms with E-state index >= 15 is 0 Å².